The average Bonchev–Trinajstić information content (AvgIpc) is 2.38. The average molecular weight is 313 g/mol. The van der Waals surface area contributed by atoms with Gasteiger partial charge >= 0.3 is 0 Å². The largest absolute Gasteiger partial charge is 0.348 e. The molecule has 0 aliphatic carbocycles. The summed E-state index contributed by atoms with van der Waals surface area (Å²) in [6, 6.07) is 0.494. The van der Waals surface area contributed by atoms with Crippen molar-refractivity contribution in [1.82, 2.24) is 14.7 Å². The fourth-order valence-electron chi connectivity index (χ4n) is 2.78. The molecule has 0 aromatic rings. The van der Waals surface area contributed by atoms with Gasteiger partial charge in [0.15, 0.2) is 0 Å². The van der Waals surface area contributed by atoms with E-state index in [0.717, 1.165) is 25.7 Å². The van der Waals surface area contributed by atoms with Crippen molar-refractivity contribution in [2.45, 2.75) is 65.5 Å². The van der Waals surface area contributed by atoms with Crippen molar-refractivity contribution in [2.75, 3.05) is 34.2 Å². The van der Waals surface area contributed by atoms with E-state index in [1.165, 1.54) is 0 Å². The fourth-order valence-corrected chi connectivity index (χ4v) is 2.78. The Morgan fingerprint density at radius 3 is 1.59 bits per heavy atom. The summed E-state index contributed by atoms with van der Waals surface area (Å²) in [5.74, 6) is 0.140. The van der Waals surface area contributed by atoms with Crippen molar-refractivity contribution < 1.29 is 9.59 Å². The molecule has 0 saturated carbocycles. The van der Waals surface area contributed by atoms with Crippen LogP contribution in [0.4, 0.5) is 0 Å². The lowest BCUT2D eigenvalue weighted by atomic mass is 10.1. The van der Waals surface area contributed by atoms with Crippen molar-refractivity contribution in [3.63, 3.8) is 0 Å². The Morgan fingerprint density at radius 1 is 0.818 bits per heavy atom. The molecule has 2 unspecified atom stereocenters. The highest BCUT2D eigenvalue weighted by Gasteiger charge is 2.25. The maximum Gasteiger partial charge on any atom is 0.237 e. The van der Waals surface area contributed by atoms with Gasteiger partial charge < -0.3 is 9.80 Å². The van der Waals surface area contributed by atoms with E-state index in [2.05, 4.69) is 27.7 Å². The summed E-state index contributed by atoms with van der Waals surface area (Å²) in [6.45, 7) is 9.10. The molecule has 5 heteroatoms. The first kappa shape index (κ1) is 20.9. The van der Waals surface area contributed by atoms with E-state index in [-0.39, 0.29) is 30.4 Å². The smallest absolute Gasteiger partial charge is 0.237 e. The number of nitrogens with zero attached hydrogens (tertiary/aromatic N) is 3. The van der Waals surface area contributed by atoms with Gasteiger partial charge in [0.25, 0.3) is 0 Å². The van der Waals surface area contributed by atoms with Gasteiger partial charge in [-0.3, -0.25) is 14.5 Å². The molecule has 0 aromatic heterocycles. The first-order valence-electron chi connectivity index (χ1n) is 8.44. The predicted molar refractivity (Wildman–Crippen MR) is 91.8 cm³/mol. The van der Waals surface area contributed by atoms with E-state index in [1.54, 1.807) is 23.9 Å². The van der Waals surface area contributed by atoms with Crippen LogP contribution in [0.25, 0.3) is 0 Å². The number of likely N-dealkylation sites (N-methyl/N-ethyl adjacent to an activating group) is 2. The summed E-state index contributed by atoms with van der Waals surface area (Å²) in [7, 11) is 5.29. The monoisotopic (exact) mass is 313 g/mol. The molecular weight excluding hydrogens is 278 g/mol. The Hall–Kier alpha value is -1.10. The van der Waals surface area contributed by atoms with Gasteiger partial charge in [-0.2, -0.15) is 0 Å². The van der Waals surface area contributed by atoms with Crippen molar-refractivity contribution in [2.24, 2.45) is 0 Å². The Bertz CT molecular complexity index is 333. The van der Waals surface area contributed by atoms with Gasteiger partial charge in [-0.15, -0.1) is 0 Å². The van der Waals surface area contributed by atoms with Crippen molar-refractivity contribution in [1.29, 1.82) is 0 Å². The summed E-state index contributed by atoms with van der Waals surface area (Å²) in [5, 5.41) is 0. The number of hydrogen-bond donors (Lipinski definition) is 0. The van der Waals surface area contributed by atoms with Crippen LogP contribution < -0.4 is 0 Å². The summed E-state index contributed by atoms with van der Waals surface area (Å²) in [6.07, 6.45) is 4.16. The molecule has 2 atom stereocenters. The summed E-state index contributed by atoms with van der Waals surface area (Å²) in [4.78, 5) is 29.8. The van der Waals surface area contributed by atoms with E-state index in [1.807, 2.05) is 11.9 Å². The Labute approximate surface area is 136 Å². The van der Waals surface area contributed by atoms with Gasteiger partial charge in [-0.25, -0.2) is 0 Å². The van der Waals surface area contributed by atoms with Crippen molar-refractivity contribution in [3.8, 4) is 0 Å². The van der Waals surface area contributed by atoms with E-state index >= 15 is 0 Å². The lowest BCUT2D eigenvalue weighted by molar-refractivity contribution is -0.137. The standard InChI is InChI=1S/C17H35N3O2/c1-8-10-14(3)20(15(4)11-9-2)17(22)13-19(7)12-16(21)18(5)6/h14-15H,8-13H2,1-7H3. The highest BCUT2D eigenvalue weighted by molar-refractivity contribution is 5.81. The number of hydrogen-bond acceptors (Lipinski definition) is 3. The molecule has 0 N–H and O–H groups in total. The zero-order valence-corrected chi connectivity index (χ0v) is 15.6. The molecule has 2 amide bonds. The van der Waals surface area contributed by atoms with Crippen LogP contribution in [-0.4, -0.2) is 72.8 Å². The van der Waals surface area contributed by atoms with Gasteiger partial charge in [0, 0.05) is 26.2 Å². The predicted octanol–water partition coefficient (Wildman–Crippen LogP) is 2.21. The molecule has 0 saturated heterocycles. The van der Waals surface area contributed by atoms with E-state index in [9.17, 15) is 9.59 Å². The van der Waals surface area contributed by atoms with Crippen molar-refractivity contribution >= 4 is 11.8 Å². The number of carbonyl (C=O) groups excluding carboxylic acids is 2. The molecule has 0 aliphatic heterocycles. The lowest BCUT2D eigenvalue weighted by Crippen LogP contribution is -2.49. The molecule has 0 aliphatic rings. The summed E-state index contributed by atoms with van der Waals surface area (Å²) < 4.78 is 0. The van der Waals surface area contributed by atoms with Gasteiger partial charge in [-0.05, 0) is 33.7 Å². The molecule has 0 bridgehead atoms. The highest BCUT2D eigenvalue weighted by atomic mass is 16.2. The minimum Gasteiger partial charge on any atom is -0.348 e. The molecule has 0 spiro atoms. The molecule has 22 heavy (non-hydrogen) atoms. The summed E-state index contributed by atoms with van der Waals surface area (Å²) in [5.41, 5.74) is 0. The maximum atomic E-state index is 12.7. The normalized spacial score (nSPS) is 13.8. The van der Waals surface area contributed by atoms with E-state index < -0.39 is 0 Å². The first-order chi connectivity index (χ1) is 10.2. The first-order valence-corrected chi connectivity index (χ1v) is 8.44. The molecule has 0 aromatic carbocycles. The summed E-state index contributed by atoms with van der Waals surface area (Å²) >= 11 is 0. The second-order valence-corrected chi connectivity index (χ2v) is 6.54. The number of amides is 2. The van der Waals surface area contributed by atoms with Crippen LogP contribution in [0.3, 0.4) is 0 Å². The third kappa shape index (κ3) is 7.25. The van der Waals surface area contributed by atoms with Crippen LogP contribution in [0, 0.1) is 0 Å². The van der Waals surface area contributed by atoms with Crippen molar-refractivity contribution in [3.05, 3.63) is 0 Å². The zero-order valence-electron chi connectivity index (χ0n) is 15.6. The topological polar surface area (TPSA) is 43.9 Å². The van der Waals surface area contributed by atoms with Crippen LogP contribution in [0.1, 0.15) is 53.4 Å². The molecule has 0 heterocycles. The molecule has 0 radical (unpaired) electrons. The Morgan fingerprint density at radius 2 is 1.23 bits per heavy atom. The van der Waals surface area contributed by atoms with Gasteiger partial charge in [0.05, 0.1) is 13.1 Å². The Kier molecular flexibility index (Phi) is 10.1. The number of carbonyl (C=O) groups is 2. The Balaban J connectivity index is 4.77. The minimum atomic E-state index is 0.0186. The van der Waals surface area contributed by atoms with E-state index in [0.29, 0.717) is 6.54 Å². The molecule has 5 nitrogen and oxygen atoms in total. The lowest BCUT2D eigenvalue weighted by Gasteiger charge is -2.36. The van der Waals surface area contributed by atoms with Crippen LogP contribution in [0.2, 0.25) is 0 Å². The molecule has 0 fully saturated rings. The molecule has 0 rings (SSSR count). The molecule has 130 valence electrons. The number of rotatable bonds is 10. The van der Waals surface area contributed by atoms with Crippen LogP contribution in [-0.2, 0) is 9.59 Å². The third-order valence-corrected chi connectivity index (χ3v) is 3.96. The highest BCUT2D eigenvalue weighted by Crippen LogP contribution is 2.15. The third-order valence-electron chi connectivity index (χ3n) is 3.96. The zero-order chi connectivity index (χ0) is 17.3. The van der Waals surface area contributed by atoms with Gasteiger partial charge in [0.2, 0.25) is 11.8 Å². The van der Waals surface area contributed by atoms with Crippen LogP contribution in [0.15, 0.2) is 0 Å². The second kappa shape index (κ2) is 10.6. The van der Waals surface area contributed by atoms with E-state index in [4.69, 9.17) is 0 Å². The SMILES string of the molecule is CCCC(C)N(C(=O)CN(C)CC(=O)N(C)C)C(C)CCC. The second-order valence-electron chi connectivity index (χ2n) is 6.54. The minimum absolute atomic E-state index is 0.0186. The maximum absolute atomic E-state index is 12.7. The fraction of sp³-hybridized carbons (Fsp3) is 0.882. The molecular formula is C17H35N3O2. The van der Waals surface area contributed by atoms with Gasteiger partial charge in [-0.1, -0.05) is 26.7 Å². The van der Waals surface area contributed by atoms with Gasteiger partial charge in [0.1, 0.15) is 0 Å². The van der Waals surface area contributed by atoms with Crippen LogP contribution in [0.5, 0.6) is 0 Å². The van der Waals surface area contributed by atoms with Crippen LogP contribution >= 0.6 is 0 Å². The quantitative estimate of drug-likeness (QED) is 0.621.